The number of aliphatic hydroxyl groups is 1. The van der Waals surface area contributed by atoms with Crippen LogP contribution >= 0.6 is 0 Å². The number of aliphatic hydroxyl groups excluding tert-OH is 1. The minimum Gasteiger partial charge on any atom is -0.389 e. The first kappa shape index (κ1) is 14.1. The smallest absolute Gasteiger partial charge is 0.0945 e. The third-order valence-electron chi connectivity index (χ3n) is 3.14. The summed E-state index contributed by atoms with van der Waals surface area (Å²) in [6, 6.07) is 8.25. The molecule has 2 rings (SSSR count). The van der Waals surface area contributed by atoms with E-state index in [2.05, 4.69) is 22.3 Å². The summed E-state index contributed by atoms with van der Waals surface area (Å²) in [7, 11) is 1.58. The lowest BCUT2D eigenvalue weighted by atomic mass is 10.2. The molecule has 0 amide bonds. The maximum absolute atomic E-state index is 9.56. The van der Waals surface area contributed by atoms with E-state index in [1.54, 1.807) is 7.11 Å². The Morgan fingerprint density at radius 3 is 2.63 bits per heavy atom. The molecule has 0 spiro atoms. The van der Waals surface area contributed by atoms with Crippen LogP contribution in [0.25, 0.3) is 0 Å². The van der Waals surface area contributed by atoms with Crippen molar-refractivity contribution in [3.8, 4) is 0 Å². The predicted octanol–water partition coefficient (Wildman–Crippen LogP) is 0.942. The van der Waals surface area contributed by atoms with Crippen molar-refractivity contribution in [3.63, 3.8) is 0 Å². The fraction of sp³-hybridized carbons (Fsp3) is 0.571. The Morgan fingerprint density at radius 2 is 2.00 bits per heavy atom. The Morgan fingerprint density at radius 1 is 1.32 bits per heavy atom. The van der Waals surface area contributed by atoms with Gasteiger partial charge in [0.05, 0.1) is 25.9 Å². The minimum atomic E-state index is -0.482. The average Bonchev–Trinajstić information content (AvgIpc) is 2.47. The molecule has 106 valence electrons. The normalized spacial score (nSPS) is 17.3. The first-order chi connectivity index (χ1) is 9.29. The van der Waals surface area contributed by atoms with Crippen LogP contribution in [0, 0.1) is 0 Å². The van der Waals surface area contributed by atoms with Gasteiger partial charge in [-0.3, -0.25) is 0 Å². The van der Waals surface area contributed by atoms with Gasteiger partial charge < -0.3 is 24.8 Å². The van der Waals surface area contributed by atoms with E-state index in [0.717, 1.165) is 32.0 Å². The van der Waals surface area contributed by atoms with Crippen LogP contribution in [-0.4, -0.2) is 57.8 Å². The van der Waals surface area contributed by atoms with Gasteiger partial charge in [-0.05, 0) is 24.3 Å². The third kappa shape index (κ3) is 4.38. The van der Waals surface area contributed by atoms with Crippen molar-refractivity contribution in [2.75, 3.05) is 56.8 Å². The van der Waals surface area contributed by atoms with Gasteiger partial charge in [-0.25, -0.2) is 0 Å². The third-order valence-corrected chi connectivity index (χ3v) is 3.14. The highest BCUT2D eigenvalue weighted by molar-refractivity contribution is 5.55. The predicted molar refractivity (Wildman–Crippen MR) is 75.8 cm³/mol. The van der Waals surface area contributed by atoms with Gasteiger partial charge in [0.25, 0.3) is 0 Å². The molecule has 0 bridgehead atoms. The maximum atomic E-state index is 9.56. The Kier molecular flexibility index (Phi) is 5.44. The second-order valence-corrected chi connectivity index (χ2v) is 4.64. The summed E-state index contributed by atoms with van der Waals surface area (Å²) in [4.78, 5) is 2.31. The molecule has 0 aromatic heterocycles. The Bertz CT molecular complexity index is 363. The van der Waals surface area contributed by atoms with Crippen LogP contribution in [-0.2, 0) is 9.47 Å². The second-order valence-electron chi connectivity index (χ2n) is 4.64. The van der Waals surface area contributed by atoms with E-state index in [4.69, 9.17) is 9.47 Å². The summed E-state index contributed by atoms with van der Waals surface area (Å²) in [6.07, 6.45) is -0.482. The average molecular weight is 266 g/mol. The largest absolute Gasteiger partial charge is 0.389 e. The van der Waals surface area contributed by atoms with Crippen LogP contribution in [0.1, 0.15) is 0 Å². The lowest BCUT2D eigenvalue weighted by Crippen LogP contribution is -2.36. The van der Waals surface area contributed by atoms with Crippen molar-refractivity contribution >= 4 is 11.4 Å². The number of hydrogen-bond donors (Lipinski definition) is 2. The zero-order valence-electron chi connectivity index (χ0n) is 11.3. The summed E-state index contributed by atoms with van der Waals surface area (Å²) in [5, 5.41) is 12.7. The molecule has 19 heavy (non-hydrogen) atoms. The number of anilines is 2. The summed E-state index contributed by atoms with van der Waals surface area (Å²) in [6.45, 7) is 4.31. The molecular formula is C14H22N2O3. The van der Waals surface area contributed by atoms with Crippen molar-refractivity contribution in [2.24, 2.45) is 0 Å². The lowest BCUT2D eigenvalue weighted by molar-refractivity contribution is 0.0727. The molecule has 1 heterocycles. The number of nitrogens with zero attached hydrogens (tertiary/aromatic N) is 1. The van der Waals surface area contributed by atoms with E-state index in [0.29, 0.717) is 13.2 Å². The topological polar surface area (TPSA) is 54.0 Å². The molecule has 1 unspecified atom stereocenters. The van der Waals surface area contributed by atoms with Gasteiger partial charge in [0.1, 0.15) is 0 Å². The van der Waals surface area contributed by atoms with Crippen LogP contribution in [0.2, 0.25) is 0 Å². The van der Waals surface area contributed by atoms with Gasteiger partial charge >= 0.3 is 0 Å². The zero-order chi connectivity index (χ0) is 13.5. The summed E-state index contributed by atoms with van der Waals surface area (Å²) < 4.78 is 10.2. The van der Waals surface area contributed by atoms with E-state index < -0.39 is 6.10 Å². The van der Waals surface area contributed by atoms with Gasteiger partial charge in [0, 0.05) is 38.1 Å². The van der Waals surface area contributed by atoms with Crippen LogP contribution in [0.15, 0.2) is 24.3 Å². The quantitative estimate of drug-likeness (QED) is 0.802. The molecule has 2 N–H and O–H groups in total. The maximum Gasteiger partial charge on any atom is 0.0945 e. The highest BCUT2D eigenvalue weighted by atomic mass is 16.5. The number of morpholine rings is 1. The van der Waals surface area contributed by atoms with Crippen LogP contribution < -0.4 is 10.2 Å². The van der Waals surface area contributed by atoms with Crippen molar-refractivity contribution in [3.05, 3.63) is 24.3 Å². The molecule has 1 saturated heterocycles. The van der Waals surface area contributed by atoms with E-state index in [-0.39, 0.29) is 0 Å². The van der Waals surface area contributed by atoms with Crippen molar-refractivity contribution in [1.82, 2.24) is 0 Å². The number of benzene rings is 1. The SMILES string of the molecule is COCC(O)CNc1ccc(N2CCOCC2)cc1. The van der Waals surface area contributed by atoms with Gasteiger partial charge in [-0.15, -0.1) is 0 Å². The van der Waals surface area contributed by atoms with Crippen LogP contribution in [0.5, 0.6) is 0 Å². The van der Waals surface area contributed by atoms with E-state index in [1.807, 2.05) is 12.1 Å². The number of rotatable bonds is 6. The number of hydrogen-bond acceptors (Lipinski definition) is 5. The molecule has 1 aromatic carbocycles. The standard InChI is InChI=1S/C14H22N2O3/c1-18-11-14(17)10-15-12-2-4-13(5-3-12)16-6-8-19-9-7-16/h2-5,14-15,17H,6-11H2,1H3. The molecule has 1 fully saturated rings. The molecule has 0 saturated carbocycles. The fourth-order valence-electron chi connectivity index (χ4n) is 2.10. The lowest BCUT2D eigenvalue weighted by Gasteiger charge is -2.29. The van der Waals surface area contributed by atoms with E-state index in [1.165, 1.54) is 5.69 Å². The number of methoxy groups -OCH3 is 1. The Balaban J connectivity index is 1.83. The van der Waals surface area contributed by atoms with Crippen molar-refractivity contribution in [2.45, 2.75) is 6.10 Å². The van der Waals surface area contributed by atoms with E-state index >= 15 is 0 Å². The molecule has 0 radical (unpaired) electrons. The summed E-state index contributed by atoms with van der Waals surface area (Å²) in [5.41, 5.74) is 2.22. The molecule has 1 aliphatic heterocycles. The molecule has 5 nitrogen and oxygen atoms in total. The molecular weight excluding hydrogens is 244 g/mol. The van der Waals surface area contributed by atoms with Gasteiger partial charge in [0.2, 0.25) is 0 Å². The van der Waals surface area contributed by atoms with Crippen LogP contribution in [0.4, 0.5) is 11.4 Å². The molecule has 1 aliphatic rings. The molecule has 5 heteroatoms. The Labute approximate surface area is 114 Å². The highest BCUT2D eigenvalue weighted by Crippen LogP contribution is 2.18. The molecule has 1 atom stereocenters. The van der Waals surface area contributed by atoms with Gasteiger partial charge in [0.15, 0.2) is 0 Å². The molecule has 0 aliphatic carbocycles. The zero-order valence-corrected chi connectivity index (χ0v) is 11.3. The first-order valence-corrected chi connectivity index (χ1v) is 6.63. The monoisotopic (exact) mass is 266 g/mol. The minimum absolute atomic E-state index is 0.346. The Hall–Kier alpha value is -1.30. The fourth-order valence-corrected chi connectivity index (χ4v) is 2.10. The highest BCUT2D eigenvalue weighted by Gasteiger charge is 2.10. The number of nitrogens with one attached hydrogen (secondary N) is 1. The molecule has 1 aromatic rings. The van der Waals surface area contributed by atoms with Crippen molar-refractivity contribution in [1.29, 1.82) is 0 Å². The van der Waals surface area contributed by atoms with Gasteiger partial charge in [-0.2, -0.15) is 0 Å². The summed E-state index contributed by atoms with van der Waals surface area (Å²) >= 11 is 0. The first-order valence-electron chi connectivity index (χ1n) is 6.63. The van der Waals surface area contributed by atoms with Crippen molar-refractivity contribution < 1.29 is 14.6 Å². The van der Waals surface area contributed by atoms with E-state index in [9.17, 15) is 5.11 Å². The van der Waals surface area contributed by atoms with Gasteiger partial charge in [-0.1, -0.05) is 0 Å². The second kappa shape index (κ2) is 7.33. The summed E-state index contributed by atoms with van der Waals surface area (Å²) in [5.74, 6) is 0. The van der Waals surface area contributed by atoms with Crippen LogP contribution in [0.3, 0.4) is 0 Å². The number of ether oxygens (including phenoxy) is 2.